The molecule has 5 nitrogen and oxygen atoms in total. The molecule has 0 aliphatic carbocycles. The van der Waals surface area contributed by atoms with E-state index in [-0.39, 0.29) is 6.61 Å². The van der Waals surface area contributed by atoms with E-state index in [0.717, 1.165) is 10.0 Å². The second-order valence-corrected chi connectivity index (χ2v) is 4.18. The van der Waals surface area contributed by atoms with Crippen LogP contribution in [0.5, 0.6) is 0 Å². The van der Waals surface area contributed by atoms with E-state index < -0.39 is 0 Å². The number of nitrogens with two attached hydrogens (primary N) is 1. The van der Waals surface area contributed by atoms with Crippen molar-refractivity contribution in [3.63, 3.8) is 0 Å². The highest BCUT2D eigenvalue weighted by molar-refractivity contribution is 9.10. The first-order valence-corrected chi connectivity index (χ1v) is 5.48. The summed E-state index contributed by atoms with van der Waals surface area (Å²) in [6, 6.07) is 5.38. The van der Waals surface area contributed by atoms with Crippen LogP contribution < -0.4 is 5.73 Å². The van der Waals surface area contributed by atoms with Crippen molar-refractivity contribution in [2.75, 3.05) is 12.3 Å². The van der Waals surface area contributed by atoms with Gasteiger partial charge in [-0.05, 0) is 18.2 Å². The van der Waals surface area contributed by atoms with Crippen LogP contribution in [0.25, 0.3) is 11.5 Å². The van der Waals surface area contributed by atoms with E-state index in [0.29, 0.717) is 23.8 Å². The van der Waals surface area contributed by atoms with Crippen LogP contribution in [0, 0.1) is 0 Å². The van der Waals surface area contributed by atoms with E-state index >= 15 is 0 Å². The Morgan fingerprint density at radius 3 is 2.88 bits per heavy atom. The number of anilines is 1. The first kappa shape index (κ1) is 11.1. The number of hydrogen-bond donors (Lipinski definition) is 2. The lowest BCUT2D eigenvalue weighted by molar-refractivity contribution is 0.293. The molecular formula is C10H10BrN3O2. The Morgan fingerprint density at radius 2 is 2.19 bits per heavy atom. The van der Waals surface area contributed by atoms with E-state index in [1.165, 1.54) is 0 Å². The van der Waals surface area contributed by atoms with Crippen molar-refractivity contribution >= 4 is 21.6 Å². The lowest BCUT2D eigenvalue weighted by Gasteiger charge is -1.98. The lowest BCUT2D eigenvalue weighted by atomic mass is 10.2. The molecule has 3 N–H and O–H groups in total. The smallest absolute Gasteiger partial charge is 0.258 e. The van der Waals surface area contributed by atoms with Crippen LogP contribution in [-0.4, -0.2) is 21.9 Å². The van der Waals surface area contributed by atoms with Gasteiger partial charge < -0.3 is 15.4 Å². The van der Waals surface area contributed by atoms with Crippen LogP contribution in [-0.2, 0) is 6.42 Å². The predicted molar refractivity (Wildman–Crippen MR) is 62.6 cm³/mol. The van der Waals surface area contributed by atoms with Gasteiger partial charge in [-0.2, -0.15) is 4.98 Å². The molecule has 0 spiro atoms. The van der Waals surface area contributed by atoms with Crippen molar-refractivity contribution in [2.24, 2.45) is 0 Å². The van der Waals surface area contributed by atoms with Gasteiger partial charge in [0.05, 0.1) is 6.61 Å². The molecule has 0 bridgehead atoms. The summed E-state index contributed by atoms with van der Waals surface area (Å²) in [4.78, 5) is 4.14. The first-order chi connectivity index (χ1) is 7.69. The topological polar surface area (TPSA) is 85.2 Å². The third-order valence-electron chi connectivity index (χ3n) is 1.97. The molecule has 0 radical (unpaired) electrons. The fourth-order valence-electron chi connectivity index (χ4n) is 1.31. The van der Waals surface area contributed by atoms with Gasteiger partial charge in [-0.1, -0.05) is 21.1 Å². The summed E-state index contributed by atoms with van der Waals surface area (Å²) in [7, 11) is 0. The number of aromatic nitrogens is 2. The molecule has 84 valence electrons. The Kier molecular flexibility index (Phi) is 3.21. The number of aliphatic hydroxyl groups is 1. The molecular weight excluding hydrogens is 274 g/mol. The minimum absolute atomic E-state index is 0.000400. The minimum atomic E-state index is -0.000400. The van der Waals surface area contributed by atoms with Crippen LogP contribution in [0.3, 0.4) is 0 Å². The van der Waals surface area contributed by atoms with Gasteiger partial charge in [-0.3, -0.25) is 0 Å². The normalized spacial score (nSPS) is 10.6. The Labute approximate surface area is 100 Å². The Morgan fingerprint density at radius 1 is 1.38 bits per heavy atom. The number of benzene rings is 1. The summed E-state index contributed by atoms with van der Waals surface area (Å²) in [6.45, 7) is -0.000400. The van der Waals surface area contributed by atoms with E-state index in [4.69, 9.17) is 15.4 Å². The number of hydrogen-bond acceptors (Lipinski definition) is 5. The zero-order valence-electron chi connectivity index (χ0n) is 8.35. The number of nitrogen functional groups attached to an aromatic ring is 1. The molecule has 0 aliphatic heterocycles. The summed E-state index contributed by atoms with van der Waals surface area (Å²) in [6.07, 6.45) is 0.382. The SMILES string of the molecule is Nc1cc(Br)cc(-c2nc(CCO)no2)c1. The Balaban J connectivity index is 2.34. The zero-order valence-corrected chi connectivity index (χ0v) is 9.94. The molecule has 1 heterocycles. The highest BCUT2D eigenvalue weighted by atomic mass is 79.9. The fourth-order valence-corrected chi connectivity index (χ4v) is 1.82. The maximum Gasteiger partial charge on any atom is 0.258 e. The van der Waals surface area contributed by atoms with Crippen LogP contribution >= 0.6 is 15.9 Å². The van der Waals surface area contributed by atoms with Crippen molar-refractivity contribution in [3.8, 4) is 11.5 Å². The van der Waals surface area contributed by atoms with E-state index in [1.807, 2.05) is 6.07 Å². The van der Waals surface area contributed by atoms with Gasteiger partial charge in [0.15, 0.2) is 5.82 Å². The van der Waals surface area contributed by atoms with Crippen LogP contribution in [0.2, 0.25) is 0 Å². The Hall–Kier alpha value is -1.40. The van der Waals surface area contributed by atoms with E-state index in [1.54, 1.807) is 12.1 Å². The van der Waals surface area contributed by atoms with Gasteiger partial charge in [-0.25, -0.2) is 0 Å². The second kappa shape index (κ2) is 4.63. The van der Waals surface area contributed by atoms with Gasteiger partial charge in [-0.15, -0.1) is 0 Å². The molecule has 0 saturated carbocycles. The fraction of sp³-hybridized carbons (Fsp3) is 0.200. The summed E-state index contributed by atoms with van der Waals surface area (Å²) < 4.78 is 5.92. The monoisotopic (exact) mass is 283 g/mol. The summed E-state index contributed by atoms with van der Waals surface area (Å²) in [5.74, 6) is 0.882. The van der Waals surface area contributed by atoms with Crippen molar-refractivity contribution in [2.45, 2.75) is 6.42 Å². The standard InChI is InChI=1S/C10H10BrN3O2/c11-7-3-6(4-8(12)5-7)10-13-9(1-2-15)14-16-10/h3-5,15H,1-2,12H2. The molecule has 0 unspecified atom stereocenters. The maximum absolute atomic E-state index is 8.74. The highest BCUT2D eigenvalue weighted by Crippen LogP contribution is 2.24. The maximum atomic E-state index is 8.74. The number of rotatable bonds is 3. The quantitative estimate of drug-likeness (QED) is 0.836. The van der Waals surface area contributed by atoms with Crippen molar-refractivity contribution in [1.82, 2.24) is 10.1 Å². The summed E-state index contributed by atoms with van der Waals surface area (Å²) in [5, 5.41) is 12.5. The molecule has 2 aromatic rings. The molecule has 0 fully saturated rings. The third-order valence-corrected chi connectivity index (χ3v) is 2.43. The average Bonchev–Trinajstić information content (AvgIpc) is 2.65. The molecule has 0 atom stereocenters. The minimum Gasteiger partial charge on any atom is -0.399 e. The van der Waals surface area contributed by atoms with Gasteiger partial charge >= 0.3 is 0 Å². The summed E-state index contributed by atoms with van der Waals surface area (Å²) >= 11 is 3.34. The molecule has 6 heteroatoms. The van der Waals surface area contributed by atoms with Gasteiger partial charge in [0.2, 0.25) is 0 Å². The molecule has 1 aromatic carbocycles. The average molecular weight is 284 g/mol. The highest BCUT2D eigenvalue weighted by Gasteiger charge is 2.09. The van der Waals surface area contributed by atoms with Gasteiger partial charge in [0.1, 0.15) is 0 Å². The van der Waals surface area contributed by atoms with Crippen molar-refractivity contribution < 1.29 is 9.63 Å². The number of halogens is 1. The Bertz CT molecular complexity index is 478. The third kappa shape index (κ3) is 2.40. The van der Waals surface area contributed by atoms with Gasteiger partial charge in [0.25, 0.3) is 5.89 Å². The van der Waals surface area contributed by atoms with Crippen LogP contribution in [0.15, 0.2) is 27.2 Å². The van der Waals surface area contributed by atoms with Crippen LogP contribution in [0.1, 0.15) is 5.82 Å². The molecule has 2 rings (SSSR count). The largest absolute Gasteiger partial charge is 0.399 e. The molecule has 0 saturated heterocycles. The van der Waals surface area contributed by atoms with Crippen molar-refractivity contribution in [1.29, 1.82) is 0 Å². The second-order valence-electron chi connectivity index (χ2n) is 3.26. The lowest BCUT2D eigenvalue weighted by Crippen LogP contribution is -1.92. The molecule has 0 aliphatic rings. The van der Waals surface area contributed by atoms with Crippen molar-refractivity contribution in [3.05, 3.63) is 28.5 Å². The van der Waals surface area contributed by atoms with E-state index in [9.17, 15) is 0 Å². The number of nitrogens with zero attached hydrogens (tertiary/aromatic N) is 2. The van der Waals surface area contributed by atoms with Gasteiger partial charge in [0, 0.05) is 22.1 Å². The van der Waals surface area contributed by atoms with Crippen LogP contribution in [0.4, 0.5) is 5.69 Å². The summed E-state index contributed by atoms with van der Waals surface area (Å²) in [5.41, 5.74) is 7.07. The number of aliphatic hydroxyl groups excluding tert-OH is 1. The molecule has 1 aromatic heterocycles. The zero-order chi connectivity index (χ0) is 11.5. The van der Waals surface area contributed by atoms with E-state index in [2.05, 4.69) is 26.1 Å². The first-order valence-electron chi connectivity index (χ1n) is 4.69. The predicted octanol–water partition coefficient (Wildman–Crippen LogP) is 1.62. The molecule has 0 amide bonds. The molecule has 16 heavy (non-hydrogen) atoms.